The Morgan fingerprint density at radius 2 is 1.57 bits per heavy atom. The van der Waals surface area contributed by atoms with E-state index >= 15 is 0 Å². The third-order valence-electron chi connectivity index (χ3n) is 5.44. The van der Waals surface area contributed by atoms with E-state index in [1.807, 2.05) is 55.5 Å². The van der Waals surface area contributed by atoms with Gasteiger partial charge in [-0.3, -0.25) is 4.79 Å². The molecule has 1 amide bonds. The highest BCUT2D eigenvalue weighted by molar-refractivity contribution is 5.94. The minimum atomic E-state index is -0.222. The first kappa shape index (κ1) is 19.9. The van der Waals surface area contributed by atoms with Gasteiger partial charge in [0.25, 0.3) is 5.91 Å². The van der Waals surface area contributed by atoms with E-state index in [4.69, 9.17) is 4.98 Å². The zero-order chi connectivity index (χ0) is 21.1. The second-order valence-electron chi connectivity index (χ2n) is 8.00. The summed E-state index contributed by atoms with van der Waals surface area (Å²) < 4.78 is 2.20. The van der Waals surface area contributed by atoms with Gasteiger partial charge in [-0.05, 0) is 48.2 Å². The second kappa shape index (κ2) is 8.54. The maximum Gasteiger partial charge on any atom is 0.251 e. The number of imidazole rings is 1. The van der Waals surface area contributed by atoms with E-state index in [0.717, 1.165) is 16.9 Å². The normalized spacial score (nSPS) is 12.3. The van der Waals surface area contributed by atoms with Gasteiger partial charge in [-0.25, -0.2) is 4.98 Å². The van der Waals surface area contributed by atoms with Crippen molar-refractivity contribution in [2.24, 2.45) is 0 Å². The second-order valence-corrected chi connectivity index (χ2v) is 8.00. The number of rotatable bonds is 6. The molecule has 1 heterocycles. The molecule has 1 unspecified atom stereocenters. The number of hydrogen-bond acceptors (Lipinski definition) is 2. The zero-order valence-electron chi connectivity index (χ0n) is 17.7. The van der Waals surface area contributed by atoms with Gasteiger partial charge in [0.05, 0.1) is 17.1 Å². The standard InChI is InChI=1S/C26H27N3O/c1-18(2)21-15-13-20(14-16-21)17-29-24-12-8-7-11-23(24)28-25(29)19(3)27-26(30)22-9-5-4-6-10-22/h4-16,18-19H,17H2,1-3H3,(H,27,30). The number of benzene rings is 3. The summed E-state index contributed by atoms with van der Waals surface area (Å²) in [7, 11) is 0. The molecule has 0 saturated carbocycles. The van der Waals surface area contributed by atoms with Crippen LogP contribution < -0.4 is 5.32 Å². The molecular formula is C26H27N3O. The average Bonchev–Trinajstić information content (AvgIpc) is 3.13. The molecule has 0 aliphatic carbocycles. The maximum absolute atomic E-state index is 12.7. The summed E-state index contributed by atoms with van der Waals surface area (Å²) in [6.07, 6.45) is 0. The number of carbonyl (C=O) groups excluding carboxylic acids is 1. The molecule has 0 saturated heterocycles. The Bertz CT molecular complexity index is 1140. The smallest absolute Gasteiger partial charge is 0.251 e. The van der Waals surface area contributed by atoms with Crippen LogP contribution in [0.2, 0.25) is 0 Å². The maximum atomic E-state index is 12.7. The largest absolute Gasteiger partial charge is 0.342 e. The van der Waals surface area contributed by atoms with Gasteiger partial charge in [0.1, 0.15) is 5.82 Å². The molecule has 152 valence electrons. The molecule has 0 radical (unpaired) electrons. The summed E-state index contributed by atoms with van der Waals surface area (Å²) in [5.41, 5.74) is 5.20. The minimum absolute atomic E-state index is 0.0945. The topological polar surface area (TPSA) is 46.9 Å². The summed E-state index contributed by atoms with van der Waals surface area (Å²) in [5, 5.41) is 3.10. The Morgan fingerprint density at radius 1 is 0.900 bits per heavy atom. The molecule has 1 N–H and O–H groups in total. The minimum Gasteiger partial charge on any atom is -0.342 e. The molecule has 0 bridgehead atoms. The quantitative estimate of drug-likeness (QED) is 0.454. The number of aromatic nitrogens is 2. The van der Waals surface area contributed by atoms with Crippen molar-refractivity contribution in [3.63, 3.8) is 0 Å². The van der Waals surface area contributed by atoms with Crippen LogP contribution in [0.25, 0.3) is 11.0 Å². The van der Waals surface area contributed by atoms with Crippen LogP contribution in [0.4, 0.5) is 0 Å². The number of amides is 1. The van der Waals surface area contributed by atoms with Crippen LogP contribution in [0, 0.1) is 0 Å². The molecule has 0 aliphatic heterocycles. The van der Waals surface area contributed by atoms with Crippen molar-refractivity contribution in [1.82, 2.24) is 14.9 Å². The summed E-state index contributed by atoms with van der Waals surface area (Å²) >= 11 is 0. The van der Waals surface area contributed by atoms with Crippen LogP contribution in [0.1, 0.15) is 60.0 Å². The molecule has 1 atom stereocenters. The fourth-order valence-corrected chi connectivity index (χ4v) is 3.72. The van der Waals surface area contributed by atoms with Crippen LogP contribution in [0.5, 0.6) is 0 Å². The lowest BCUT2D eigenvalue weighted by Crippen LogP contribution is -2.28. The van der Waals surface area contributed by atoms with Gasteiger partial charge in [-0.2, -0.15) is 0 Å². The van der Waals surface area contributed by atoms with E-state index in [1.54, 1.807) is 0 Å². The first-order chi connectivity index (χ1) is 14.5. The van der Waals surface area contributed by atoms with Crippen molar-refractivity contribution in [3.05, 3.63) is 101 Å². The molecule has 4 nitrogen and oxygen atoms in total. The van der Waals surface area contributed by atoms with E-state index < -0.39 is 0 Å². The van der Waals surface area contributed by atoms with Crippen LogP contribution in [0.15, 0.2) is 78.9 Å². The first-order valence-electron chi connectivity index (χ1n) is 10.4. The van der Waals surface area contributed by atoms with Crippen molar-refractivity contribution >= 4 is 16.9 Å². The van der Waals surface area contributed by atoms with E-state index in [1.165, 1.54) is 11.1 Å². The van der Waals surface area contributed by atoms with Crippen LogP contribution in [-0.4, -0.2) is 15.5 Å². The highest BCUT2D eigenvalue weighted by Crippen LogP contribution is 2.23. The van der Waals surface area contributed by atoms with Gasteiger partial charge in [0.15, 0.2) is 0 Å². The SMILES string of the molecule is CC(C)c1ccc(Cn2c(C(C)NC(=O)c3ccccc3)nc3ccccc32)cc1. The molecule has 4 heteroatoms. The van der Waals surface area contributed by atoms with E-state index in [-0.39, 0.29) is 11.9 Å². The van der Waals surface area contributed by atoms with Gasteiger partial charge >= 0.3 is 0 Å². The summed E-state index contributed by atoms with van der Waals surface area (Å²) in [6.45, 7) is 7.10. The molecule has 0 fully saturated rings. The first-order valence-corrected chi connectivity index (χ1v) is 10.4. The lowest BCUT2D eigenvalue weighted by Gasteiger charge is -2.17. The number of nitrogens with one attached hydrogen (secondary N) is 1. The molecule has 1 aromatic heterocycles. The Hall–Kier alpha value is -3.40. The average molecular weight is 398 g/mol. The number of fused-ring (bicyclic) bond motifs is 1. The molecule has 3 aromatic carbocycles. The predicted octanol–water partition coefficient (Wildman–Crippen LogP) is 5.70. The van der Waals surface area contributed by atoms with Gasteiger partial charge in [0.2, 0.25) is 0 Å². The Kier molecular flexibility index (Phi) is 5.66. The van der Waals surface area contributed by atoms with Crippen molar-refractivity contribution in [2.45, 2.75) is 39.3 Å². The van der Waals surface area contributed by atoms with Gasteiger partial charge in [-0.15, -0.1) is 0 Å². The monoisotopic (exact) mass is 397 g/mol. The van der Waals surface area contributed by atoms with Gasteiger partial charge in [-0.1, -0.05) is 68.4 Å². The molecule has 4 rings (SSSR count). The van der Waals surface area contributed by atoms with Crippen molar-refractivity contribution in [2.75, 3.05) is 0 Å². The number of nitrogens with zero attached hydrogens (tertiary/aromatic N) is 2. The van der Waals surface area contributed by atoms with Crippen molar-refractivity contribution in [1.29, 1.82) is 0 Å². The number of hydrogen-bond donors (Lipinski definition) is 1. The van der Waals surface area contributed by atoms with Crippen LogP contribution >= 0.6 is 0 Å². The van der Waals surface area contributed by atoms with Crippen LogP contribution in [0.3, 0.4) is 0 Å². The van der Waals surface area contributed by atoms with Gasteiger partial charge < -0.3 is 9.88 Å². The number of para-hydroxylation sites is 2. The van der Waals surface area contributed by atoms with E-state index in [2.05, 4.69) is 54.1 Å². The highest BCUT2D eigenvalue weighted by Gasteiger charge is 2.19. The summed E-state index contributed by atoms with van der Waals surface area (Å²) in [5.74, 6) is 1.27. The fraction of sp³-hybridized carbons (Fsp3) is 0.231. The molecule has 0 aliphatic rings. The number of carbonyl (C=O) groups is 1. The zero-order valence-corrected chi connectivity index (χ0v) is 17.7. The molecule has 0 spiro atoms. The van der Waals surface area contributed by atoms with E-state index in [0.29, 0.717) is 18.0 Å². The lowest BCUT2D eigenvalue weighted by atomic mass is 10.0. The summed E-state index contributed by atoms with van der Waals surface area (Å²) in [6, 6.07) is 25.9. The molecule has 4 aromatic rings. The Morgan fingerprint density at radius 3 is 2.27 bits per heavy atom. The lowest BCUT2D eigenvalue weighted by molar-refractivity contribution is 0.0938. The van der Waals surface area contributed by atoms with Gasteiger partial charge in [0, 0.05) is 12.1 Å². The third kappa shape index (κ3) is 4.13. The Balaban J connectivity index is 1.65. The fourth-order valence-electron chi connectivity index (χ4n) is 3.72. The molecular weight excluding hydrogens is 370 g/mol. The molecule has 30 heavy (non-hydrogen) atoms. The Labute approximate surface area is 177 Å². The summed E-state index contributed by atoms with van der Waals surface area (Å²) in [4.78, 5) is 17.5. The highest BCUT2D eigenvalue weighted by atomic mass is 16.1. The van der Waals surface area contributed by atoms with E-state index in [9.17, 15) is 4.79 Å². The van der Waals surface area contributed by atoms with Crippen molar-refractivity contribution < 1.29 is 4.79 Å². The predicted molar refractivity (Wildman–Crippen MR) is 122 cm³/mol. The van der Waals surface area contributed by atoms with Crippen molar-refractivity contribution in [3.8, 4) is 0 Å². The third-order valence-corrected chi connectivity index (χ3v) is 5.44. The van der Waals surface area contributed by atoms with Crippen LogP contribution in [-0.2, 0) is 6.54 Å².